The van der Waals surface area contributed by atoms with Gasteiger partial charge in [-0.2, -0.15) is 0 Å². The predicted octanol–water partition coefficient (Wildman–Crippen LogP) is 3.99. The molecule has 2 aromatic rings. The number of rotatable bonds is 5. The number of carbonyl (C=O) groups excluding carboxylic acids is 1. The standard InChI is InChI=1S/C20H20ClFN2O/c21-19-4-2-1-3-18(19)20(25)9-10-23-11-13-24(14-12-23)15-16-5-7-17(22)8-6-16/h1-10H,11-15H2/b10-9+. The van der Waals surface area contributed by atoms with Crippen LogP contribution >= 0.6 is 11.6 Å². The molecule has 1 fully saturated rings. The van der Waals surface area contributed by atoms with Crippen LogP contribution in [-0.2, 0) is 6.54 Å². The lowest BCUT2D eigenvalue weighted by molar-refractivity contribution is 0.104. The van der Waals surface area contributed by atoms with E-state index in [0.717, 1.165) is 38.3 Å². The first-order chi connectivity index (χ1) is 12.1. The Balaban J connectivity index is 1.50. The number of halogens is 2. The number of allylic oxidation sites excluding steroid dienone is 1. The van der Waals surface area contributed by atoms with Crippen LogP contribution in [0.5, 0.6) is 0 Å². The van der Waals surface area contributed by atoms with Crippen LogP contribution in [0, 0.1) is 5.82 Å². The molecule has 0 spiro atoms. The quantitative estimate of drug-likeness (QED) is 0.596. The van der Waals surface area contributed by atoms with Gasteiger partial charge in [-0.05, 0) is 29.8 Å². The maximum Gasteiger partial charge on any atom is 0.188 e. The minimum absolute atomic E-state index is 0.0839. The van der Waals surface area contributed by atoms with Gasteiger partial charge in [0, 0.05) is 50.6 Å². The third-order valence-electron chi connectivity index (χ3n) is 4.30. The molecule has 0 aliphatic carbocycles. The second-order valence-electron chi connectivity index (χ2n) is 6.10. The van der Waals surface area contributed by atoms with Crippen LogP contribution in [0.15, 0.2) is 60.8 Å². The maximum absolute atomic E-state index is 13.0. The molecule has 0 unspecified atom stereocenters. The molecule has 3 rings (SSSR count). The largest absolute Gasteiger partial charge is 0.375 e. The normalized spacial score (nSPS) is 15.7. The Morgan fingerprint density at radius 3 is 2.40 bits per heavy atom. The molecule has 1 aliphatic heterocycles. The Morgan fingerprint density at radius 2 is 1.72 bits per heavy atom. The Labute approximate surface area is 152 Å². The van der Waals surface area contributed by atoms with Crippen molar-refractivity contribution in [1.29, 1.82) is 0 Å². The smallest absolute Gasteiger partial charge is 0.188 e. The Hall–Kier alpha value is -2.17. The van der Waals surface area contributed by atoms with E-state index < -0.39 is 0 Å². The van der Waals surface area contributed by atoms with E-state index in [0.29, 0.717) is 10.6 Å². The molecular formula is C20H20ClFN2O. The van der Waals surface area contributed by atoms with E-state index in [-0.39, 0.29) is 11.6 Å². The van der Waals surface area contributed by atoms with Crippen molar-refractivity contribution in [3.63, 3.8) is 0 Å². The fourth-order valence-electron chi connectivity index (χ4n) is 2.84. The van der Waals surface area contributed by atoms with E-state index in [4.69, 9.17) is 11.6 Å². The summed E-state index contributed by atoms with van der Waals surface area (Å²) in [6, 6.07) is 13.7. The molecule has 0 bridgehead atoms. The number of piperazine rings is 1. The van der Waals surface area contributed by atoms with Gasteiger partial charge in [0.1, 0.15) is 5.82 Å². The van der Waals surface area contributed by atoms with E-state index >= 15 is 0 Å². The van der Waals surface area contributed by atoms with Gasteiger partial charge >= 0.3 is 0 Å². The minimum atomic E-state index is -0.207. The summed E-state index contributed by atoms with van der Waals surface area (Å²) < 4.78 is 13.0. The molecule has 3 nitrogen and oxygen atoms in total. The summed E-state index contributed by atoms with van der Waals surface area (Å²) in [7, 11) is 0. The first-order valence-electron chi connectivity index (χ1n) is 8.30. The fraction of sp³-hybridized carbons (Fsp3) is 0.250. The van der Waals surface area contributed by atoms with Crippen molar-refractivity contribution in [2.75, 3.05) is 26.2 Å². The minimum Gasteiger partial charge on any atom is -0.375 e. The van der Waals surface area contributed by atoms with Crippen LogP contribution in [0.3, 0.4) is 0 Å². The molecule has 1 aliphatic rings. The van der Waals surface area contributed by atoms with E-state index in [1.807, 2.05) is 24.4 Å². The molecule has 5 heteroatoms. The Morgan fingerprint density at radius 1 is 1.04 bits per heavy atom. The molecule has 2 aromatic carbocycles. The maximum atomic E-state index is 13.0. The van der Waals surface area contributed by atoms with Crippen LogP contribution in [-0.4, -0.2) is 41.8 Å². The summed E-state index contributed by atoms with van der Waals surface area (Å²) >= 11 is 6.05. The van der Waals surface area contributed by atoms with E-state index in [1.165, 1.54) is 12.1 Å². The molecule has 0 N–H and O–H groups in total. The van der Waals surface area contributed by atoms with Crippen LogP contribution in [0.2, 0.25) is 5.02 Å². The van der Waals surface area contributed by atoms with Gasteiger partial charge in [0.05, 0.1) is 5.02 Å². The van der Waals surface area contributed by atoms with Crippen molar-refractivity contribution in [2.24, 2.45) is 0 Å². The third-order valence-corrected chi connectivity index (χ3v) is 4.63. The van der Waals surface area contributed by atoms with Crippen molar-refractivity contribution in [3.05, 3.63) is 82.8 Å². The van der Waals surface area contributed by atoms with Gasteiger partial charge in [-0.15, -0.1) is 0 Å². The van der Waals surface area contributed by atoms with Crippen molar-refractivity contribution in [1.82, 2.24) is 9.80 Å². The third kappa shape index (κ3) is 4.91. The van der Waals surface area contributed by atoms with E-state index in [2.05, 4.69) is 9.80 Å². The highest BCUT2D eigenvalue weighted by Crippen LogP contribution is 2.16. The van der Waals surface area contributed by atoms with Crippen LogP contribution in [0.1, 0.15) is 15.9 Å². The zero-order valence-electron chi connectivity index (χ0n) is 13.9. The second kappa shape index (κ2) is 8.28. The van der Waals surface area contributed by atoms with Gasteiger partial charge in [0.2, 0.25) is 0 Å². The Bertz CT molecular complexity index is 753. The molecule has 0 atom stereocenters. The van der Waals surface area contributed by atoms with E-state index in [9.17, 15) is 9.18 Å². The number of ketones is 1. The van der Waals surface area contributed by atoms with Gasteiger partial charge in [-0.25, -0.2) is 4.39 Å². The summed E-state index contributed by atoms with van der Waals surface area (Å²) in [5.74, 6) is -0.291. The topological polar surface area (TPSA) is 23.6 Å². The van der Waals surface area contributed by atoms with Crippen LogP contribution in [0.4, 0.5) is 4.39 Å². The number of hydrogen-bond acceptors (Lipinski definition) is 3. The molecule has 1 saturated heterocycles. The molecule has 0 radical (unpaired) electrons. The second-order valence-corrected chi connectivity index (χ2v) is 6.51. The van der Waals surface area contributed by atoms with Crippen molar-refractivity contribution in [2.45, 2.75) is 6.54 Å². The van der Waals surface area contributed by atoms with Gasteiger partial charge in [0.15, 0.2) is 5.78 Å². The first-order valence-corrected chi connectivity index (χ1v) is 8.67. The predicted molar refractivity (Wildman–Crippen MR) is 98.2 cm³/mol. The lowest BCUT2D eigenvalue weighted by Gasteiger charge is -2.34. The number of nitrogens with zero attached hydrogens (tertiary/aromatic N) is 2. The fourth-order valence-corrected chi connectivity index (χ4v) is 3.07. The average Bonchev–Trinajstić information content (AvgIpc) is 2.63. The summed E-state index contributed by atoms with van der Waals surface area (Å²) in [4.78, 5) is 16.7. The molecule has 25 heavy (non-hydrogen) atoms. The van der Waals surface area contributed by atoms with Gasteiger partial charge in [-0.1, -0.05) is 35.9 Å². The Kier molecular flexibility index (Phi) is 5.84. The molecule has 0 aromatic heterocycles. The number of hydrogen-bond donors (Lipinski definition) is 0. The number of carbonyl (C=O) groups is 1. The monoisotopic (exact) mass is 358 g/mol. The van der Waals surface area contributed by atoms with Gasteiger partial charge < -0.3 is 4.90 Å². The summed E-state index contributed by atoms with van der Waals surface area (Å²) in [6.45, 7) is 4.33. The van der Waals surface area contributed by atoms with Crippen LogP contribution < -0.4 is 0 Å². The average molecular weight is 359 g/mol. The summed E-state index contributed by atoms with van der Waals surface area (Å²) in [6.07, 6.45) is 3.43. The summed E-state index contributed by atoms with van der Waals surface area (Å²) in [5, 5.41) is 0.473. The molecule has 130 valence electrons. The van der Waals surface area contributed by atoms with Gasteiger partial charge in [0.25, 0.3) is 0 Å². The van der Waals surface area contributed by atoms with Gasteiger partial charge in [-0.3, -0.25) is 9.69 Å². The molecular weight excluding hydrogens is 339 g/mol. The van der Waals surface area contributed by atoms with E-state index in [1.54, 1.807) is 24.3 Å². The van der Waals surface area contributed by atoms with Crippen molar-refractivity contribution in [3.8, 4) is 0 Å². The lowest BCUT2D eigenvalue weighted by Crippen LogP contribution is -2.43. The highest BCUT2D eigenvalue weighted by molar-refractivity contribution is 6.34. The molecule has 0 amide bonds. The first kappa shape index (κ1) is 17.6. The summed E-state index contributed by atoms with van der Waals surface area (Å²) in [5.41, 5.74) is 1.63. The molecule has 0 saturated carbocycles. The van der Waals surface area contributed by atoms with Crippen molar-refractivity contribution < 1.29 is 9.18 Å². The number of benzene rings is 2. The van der Waals surface area contributed by atoms with Crippen LogP contribution in [0.25, 0.3) is 0 Å². The highest BCUT2D eigenvalue weighted by Gasteiger charge is 2.15. The highest BCUT2D eigenvalue weighted by atomic mass is 35.5. The lowest BCUT2D eigenvalue weighted by atomic mass is 10.1. The zero-order chi connectivity index (χ0) is 17.6. The zero-order valence-corrected chi connectivity index (χ0v) is 14.6. The van der Waals surface area contributed by atoms with Crippen molar-refractivity contribution >= 4 is 17.4 Å². The SMILES string of the molecule is O=C(/C=C/N1CCN(Cc2ccc(F)cc2)CC1)c1ccccc1Cl. The molecule has 1 heterocycles.